The SMILES string of the molecule is CC[C@@]1(O)C(=O)CCc2c1cc1n(c2=O)Cc2cc3c(CN4CCN(C)CC4)c(OC(=O)CCCNCc4ccc(/C=C/C(=O)CO)cc4)ccc3nc2-1. The highest BCUT2D eigenvalue weighted by Gasteiger charge is 2.43. The number of ketones is 2. The van der Waals surface area contributed by atoms with Crippen LogP contribution in [0.15, 0.2) is 59.4 Å². The van der Waals surface area contributed by atoms with E-state index in [9.17, 15) is 24.3 Å². The van der Waals surface area contributed by atoms with Crippen LogP contribution in [-0.2, 0) is 46.0 Å². The van der Waals surface area contributed by atoms with Gasteiger partial charge in [0.25, 0.3) is 5.56 Å². The van der Waals surface area contributed by atoms with Crippen LogP contribution in [0.4, 0.5) is 0 Å². The number of hydrogen-bond donors (Lipinski definition) is 3. The van der Waals surface area contributed by atoms with Gasteiger partial charge in [-0.2, -0.15) is 0 Å². The number of aromatic nitrogens is 2. The summed E-state index contributed by atoms with van der Waals surface area (Å²) in [5, 5.41) is 24.5. The van der Waals surface area contributed by atoms with Crippen molar-refractivity contribution in [3.63, 3.8) is 0 Å². The molecule has 282 valence electrons. The maximum atomic E-state index is 13.8. The average Bonchev–Trinajstić information content (AvgIpc) is 3.54. The van der Waals surface area contributed by atoms with E-state index in [2.05, 4.69) is 28.2 Å². The molecule has 1 atom stereocenters. The average molecular weight is 734 g/mol. The molecule has 0 spiro atoms. The van der Waals surface area contributed by atoms with E-state index in [1.807, 2.05) is 36.4 Å². The largest absolute Gasteiger partial charge is 0.426 e. The second-order valence-electron chi connectivity index (χ2n) is 14.6. The van der Waals surface area contributed by atoms with Gasteiger partial charge in [0.1, 0.15) is 18.0 Å². The number of likely N-dealkylation sites (N-methyl/N-ethyl adjacent to an activating group) is 1. The van der Waals surface area contributed by atoms with Gasteiger partial charge in [0.15, 0.2) is 11.6 Å². The number of pyridine rings is 2. The van der Waals surface area contributed by atoms with Crippen molar-refractivity contribution >= 4 is 34.5 Å². The number of nitrogens with zero attached hydrogens (tertiary/aromatic N) is 4. The minimum Gasteiger partial charge on any atom is -0.426 e. The van der Waals surface area contributed by atoms with Crippen molar-refractivity contribution in [3.8, 4) is 17.1 Å². The fourth-order valence-electron chi connectivity index (χ4n) is 7.72. The maximum Gasteiger partial charge on any atom is 0.311 e. The minimum absolute atomic E-state index is 0.139. The molecule has 3 aliphatic rings. The Morgan fingerprint density at radius 3 is 2.56 bits per heavy atom. The number of aliphatic hydroxyl groups is 2. The summed E-state index contributed by atoms with van der Waals surface area (Å²) >= 11 is 0. The summed E-state index contributed by atoms with van der Waals surface area (Å²) in [4.78, 5) is 60.9. The van der Waals surface area contributed by atoms with Gasteiger partial charge < -0.3 is 29.7 Å². The number of fused-ring (bicyclic) bond motifs is 5. The Bertz CT molecular complexity index is 2190. The zero-order chi connectivity index (χ0) is 38.0. The number of benzene rings is 2. The van der Waals surface area contributed by atoms with E-state index in [1.165, 1.54) is 6.08 Å². The summed E-state index contributed by atoms with van der Waals surface area (Å²) in [6, 6.07) is 15.3. The van der Waals surface area contributed by atoms with Gasteiger partial charge in [-0.1, -0.05) is 37.3 Å². The van der Waals surface area contributed by atoms with Crippen molar-refractivity contribution in [2.24, 2.45) is 0 Å². The maximum absolute atomic E-state index is 13.8. The third-order valence-electron chi connectivity index (χ3n) is 11.0. The number of nitrogens with one attached hydrogen (secondary N) is 1. The first-order valence-electron chi connectivity index (χ1n) is 18.8. The van der Waals surface area contributed by atoms with Crippen molar-refractivity contribution in [2.45, 2.75) is 64.3 Å². The van der Waals surface area contributed by atoms with Gasteiger partial charge in [0.2, 0.25) is 0 Å². The molecule has 1 aliphatic carbocycles. The van der Waals surface area contributed by atoms with E-state index in [-0.39, 0.29) is 42.4 Å². The Labute approximate surface area is 314 Å². The molecule has 12 nitrogen and oxygen atoms in total. The fraction of sp³-hybridized carbons (Fsp3) is 0.405. The predicted octanol–water partition coefficient (Wildman–Crippen LogP) is 3.34. The van der Waals surface area contributed by atoms with Crippen LogP contribution in [0.2, 0.25) is 0 Å². The quantitative estimate of drug-likeness (QED) is 0.0707. The van der Waals surface area contributed by atoms with Gasteiger partial charge in [-0.05, 0) is 74.3 Å². The lowest BCUT2D eigenvalue weighted by Crippen LogP contribution is -2.44. The van der Waals surface area contributed by atoms with E-state index in [0.29, 0.717) is 72.8 Å². The van der Waals surface area contributed by atoms with Crippen molar-refractivity contribution in [1.29, 1.82) is 0 Å². The molecule has 2 aromatic carbocycles. The molecule has 4 aromatic rings. The molecule has 3 N–H and O–H groups in total. The van der Waals surface area contributed by atoms with Gasteiger partial charge in [-0.3, -0.25) is 24.1 Å². The van der Waals surface area contributed by atoms with Crippen molar-refractivity contribution in [3.05, 3.63) is 98.3 Å². The van der Waals surface area contributed by atoms with Gasteiger partial charge in [0.05, 0.1) is 23.4 Å². The second-order valence-corrected chi connectivity index (χ2v) is 14.6. The summed E-state index contributed by atoms with van der Waals surface area (Å²) in [5.74, 6) is -0.417. The number of esters is 1. The zero-order valence-corrected chi connectivity index (χ0v) is 30.9. The first-order chi connectivity index (χ1) is 26.1. The van der Waals surface area contributed by atoms with Gasteiger partial charge >= 0.3 is 5.97 Å². The highest BCUT2D eigenvalue weighted by Crippen LogP contribution is 2.40. The Kier molecular flexibility index (Phi) is 11.0. The number of carbonyl (C=O) groups excluding carboxylic acids is 3. The van der Waals surface area contributed by atoms with E-state index in [4.69, 9.17) is 14.8 Å². The lowest BCUT2D eigenvalue weighted by Gasteiger charge is -2.33. The molecule has 54 heavy (non-hydrogen) atoms. The number of carbonyl (C=O) groups is 3. The molecule has 0 amide bonds. The molecule has 4 heterocycles. The molecule has 1 fully saturated rings. The Morgan fingerprint density at radius 1 is 1.04 bits per heavy atom. The third-order valence-corrected chi connectivity index (χ3v) is 11.0. The smallest absolute Gasteiger partial charge is 0.311 e. The summed E-state index contributed by atoms with van der Waals surface area (Å²) in [7, 11) is 2.11. The molecule has 0 radical (unpaired) electrons. The molecule has 0 saturated carbocycles. The highest BCUT2D eigenvalue weighted by atomic mass is 16.5. The molecular weight excluding hydrogens is 686 g/mol. The summed E-state index contributed by atoms with van der Waals surface area (Å²) < 4.78 is 7.76. The second kappa shape index (κ2) is 15.9. The first-order valence-corrected chi connectivity index (χ1v) is 18.8. The minimum atomic E-state index is -1.68. The van der Waals surface area contributed by atoms with Crippen LogP contribution in [0.1, 0.15) is 66.0 Å². The summed E-state index contributed by atoms with van der Waals surface area (Å²) in [6.45, 7) is 7.02. The summed E-state index contributed by atoms with van der Waals surface area (Å²) in [6.07, 6.45) is 4.50. The van der Waals surface area contributed by atoms with Crippen LogP contribution in [-0.4, -0.2) is 93.5 Å². The lowest BCUT2D eigenvalue weighted by molar-refractivity contribution is -0.140. The van der Waals surface area contributed by atoms with Crippen LogP contribution in [0.25, 0.3) is 28.4 Å². The van der Waals surface area contributed by atoms with Gasteiger partial charge in [0, 0.05) is 79.8 Å². The van der Waals surface area contributed by atoms with E-state index in [1.54, 1.807) is 23.6 Å². The Morgan fingerprint density at radius 2 is 1.81 bits per heavy atom. The predicted molar refractivity (Wildman–Crippen MR) is 205 cm³/mol. The van der Waals surface area contributed by atoms with E-state index < -0.39 is 12.2 Å². The molecule has 2 aromatic heterocycles. The van der Waals surface area contributed by atoms with Gasteiger partial charge in [-0.15, -0.1) is 0 Å². The molecule has 2 aliphatic heterocycles. The molecule has 12 heteroatoms. The van der Waals surface area contributed by atoms with Crippen molar-refractivity contribution in [2.75, 3.05) is 46.4 Å². The summed E-state index contributed by atoms with van der Waals surface area (Å²) in [5.41, 5.74) is 4.68. The highest BCUT2D eigenvalue weighted by molar-refractivity contribution is 5.94. The van der Waals surface area contributed by atoms with Crippen molar-refractivity contribution < 1.29 is 29.3 Å². The first kappa shape index (κ1) is 37.5. The Balaban J connectivity index is 1.08. The van der Waals surface area contributed by atoms with Crippen LogP contribution in [0.3, 0.4) is 0 Å². The zero-order valence-electron chi connectivity index (χ0n) is 30.9. The molecule has 0 bridgehead atoms. The topological polar surface area (TPSA) is 154 Å². The number of piperazine rings is 1. The number of aliphatic hydroxyl groups excluding tert-OH is 1. The van der Waals surface area contributed by atoms with E-state index in [0.717, 1.165) is 53.8 Å². The molecule has 7 rings (SSSR count). The third kappa shape index (κ3) is 7.57. The standard InChI is InChI=1S/C42H47N5O7/c1-3-42(53)34-22-36-40-29(24-47(36)41(52)31(34)12-15-38(42)50)21-32-33(25-46-19-17-45(2)18-20-46)37(14-13-35(32)44-40)54-39(51)5-4-16-43-23-28-8-6-27(7-9-28)10-11-30(49)26-48/h6-11,13-14,21-22,43,48,53H,3-5,12,15-20,23-26H2,1-2H3/b11-10+/t42-/m0/s1. The number of Topliss-reactive ketones (excluding diaryl/α,β-unsaturated/α-hetero) is 1. The number of rotatable bonds is 13. The van der Waals surface area contributed by atoms with Crippen LogP contribution >= 0.6 is 0 Å². The van der Waals surface area contributed by atoms with Crippen molar-refractivity contribution in [1.82, 2.24) is 24.7 Å². The lowest BCUT2D eigenvalue weighted by atomic mass is 9.77. The van der Waals surface area contributed by atoms with Gasteiger partial charge in [-0.25, -0.2) is 4.98 Å². The van der Waals surface area contributed by atoms with Crippen LogP contribution < -0.4 is 15.6 Å². The van der Waals surface area contributed by atoms with E-state index >= 15 is 0 Å². The monoisotopic (exact) mass is 733 g/mol. The molecular formula is C42H47N5O7. The Hall–Kier alpha value is -4.85. The van der Waals surface area contributed by atoms with Crippen LogP contribution in [0, 0.1) is 0 Å². The normalized spacial score (nSPS) is 18.6. The number of hydrogen-bond acceptors (Lipinski definition) is 11. The molecule has 1 saturated heterocycles. The number of ether oxygens (including phenoxy) is 1. The fourth-order valence-corrected chi connectivity index (χ4v) is 7.72. The molecule has 0 unspecified atom stereocenters. The van der Waals surface area contributed by atoms with Crippen LogP contribution in [0.5, 0.6) is 5.75 Å².